The second kappa shape index (κ2) is 6.28. The van der Waals surface area contributed by atoms with Crippen LogP contribution >= 0.6 is 0 Å². The van der Waals surface area contributed by atoms with Crippen LogP contribution in [0.4, 0.5) is 5.95 Å². The van der Waals surface area contributed by atoms with Crippen LogP contribution in [0, 0.1) is 12.8 Å². The molecule has 1 aromatic rings. The summed E-state index contributed by atoms with van der Waals surface area (Å²) >= 11 is 0. The lowest BCUT2D eigenvalue weighted by Gasteiger charge is -2.36. The van der Waals surface area contributed by atoms with Crippen LogP contribution < -0.4 is 10.1 Å². The summed E-state index contributed by atoms with van der Waals surface area (Å²) in [5.41, 5.74) is -0.218. The normalized spacial score (nSPS) is 25.4. The summed E-state index contributed by atoms with van der Waals surface area (Å²) in [6.45, 7) is 6.39. The molecule has 0 atom stereocenters. The molecule has 6 nitrogen and oxygen atoms in total. The molecule has 21 heavy (non-hydrogen) atoms. The van der Waals surface area contributed by atoms with Crippen molar-refractivity contribution in [1.29, 1.82) is 0 Å². The average molecular weight is 293 g/mol. The molecule has 1 aromatic heterocycles. The van der Waals surface area contributed by atoms with E-state index in [4.69, 9.17) is 4.74 Å². The number of carboxylic acids is 1. The molecule has 0 saturated heterocycles. The highest BCUT2D eigenvalue weighted by molar-refractivity contribution is 5.82. The number of carbonyl (C=O) groups is 1. The number of ether oxygens (including phenoxy) is 1. The van der Waals surface area contributed by atoms with E-state index in [-0.39, 0.29) is 0 Å². The summed E-state index contributed by atoms with van der Waals surface area (Å²) in [6, 6.07) is 1.74. The smallest absolute Gasteiger partial charge is 0.329 e. The minimum Gasteiger partial charge on any atom is -0.480 e. The standard InChI is InChI=1S/C15H23N3O3/c1-4-21-12-9-11(3)16-14(17-12)18-15(13(19)20)7-5-10(2)6-8-15/h9-10H,4-8H2,1-3H3,(H,19,20)(H,16,17,18). The number of carboxylic acid groups (broad SMARTS) is 1. The number of nitrogens with zero attached hydrogens (tertiary/aromatic N) is 2. The number of aromatic nitrogens is 2. The second-order valence-corrected chi connectivity index (χ2v) is 5.80. The molecule has 2 N–H and O–H groups in total. The molecule has 0 aromatic carbocycles. The van der Waals surface area contributed by atoms with Crippen molar-refractivity contribution in [3.63, 3.8) is 0 Å². The predicted molar refractivity (Wildman–Crippen MR) is 79.6 cm³/mol. The van der Waals surface area contributed by atoms with E-state index in [2.05, 4.69) is 22.2 Å². The lowest BCUT2D eigenvalue weighted by Crippen LogP contribution is -2.49. The van der Waals surface area contributed by atoms with Crippen molar-refractivity contribution < 1.29 is 14.6 Å². The Kier molecular flexibility index (Phi) is 4.65. The summed E-state index contributed by atoms with van der Waals surface area (Å²) in [5.74, 6) is 0.529. The van der Waals surface area contributed by atoms with Gasteiger partial charge in [-0.3, -0.25) is 0 Å². The third-order valence-electron chi connectivity index (χ3n) is 4.01. The first kappa shape index (κ1) is 15.5. The summed E-state index contributed by atoms with van der Waals surface area (Å²) in [4.78, 5) is 20.3. The van der Waals surface area contributed by atoms with Gasteiger partial charge in [-0.2, -0.15) is 4.98 Å². The fraction of sp³-hybridized carbons (Fsp3) is 0.667. The first-order valence-electron chi connectivity index (χ1n) is 7.45. The van der Waals surface area contributed by atoms with Crippen molar-refractivity contribution in [3.8, 4) is 5.88 Å². The third-order valence-corrected chi connectivity index (χ3v) is 4.01. The Bertz CT molecular complexity index is 511. The van der Waals surface area contributed by atoms with Gasteiger partial charge in [0.25, 0.3) is 0 Å². The van der Waals surface area contributed by atoms with Gasteiger partial charge in [-0.15, -0.1) is 0 Å². The number of nitrogens with one attached hydrogen (secondary N) is 1. The molecule has 1 saturated carbocycles. The number of anilines is 1. The maximum Gasteiger partial charge on any atom is 0.329 e. The zero-order valence-corrected chi connectivity index (χ0v) is 12.8. The Morgan fingerprint density at radius 2 is 2.14 bits per heavy atom. The van der Waals surface area contributed by atoms with E-state index in [1.165, 1.54) is 0 Å². The maximum absolute atomic E-state index is 11.7. The molecular formula is C15H23N3O3. The van der Waals surface area contributed by atoms with Gasteiger partial charge in [0.2, 0.25) is 11.8 Å². The molecule has 0 bridgehead atoms. The van der Waals surface area contributed by atoms with Gasteiger partial charge in [0, 0.05) is 11.8 Å². The minimum atomic E-state index is -0.968. The predicted octanol–water partition coefficient (Wildman–Crippen LogP) is 2.63. The number of aryl methyl sites for hydroxylation is 1. The van der Waals surface area contributed by atoms with Gasteiger partial charge < -0.3 is 15.2 Å². The maximum atomic E-state index is 11.7. The minimum absolute atomic E-state index is 0.329. The molecule has 0 amide bonds. The van der Waals surface area contributed by atoms with Gasteiger partial charge in [-0.05, 0) is 45.4 Å². The average Bonchev–Trinajstić information content (AvgIpc) is 2.41. The molecule has 6 heteroatoms. The Balaban J connectivity index is 2.23. The molecule has 0 aliphatic heterocycles. The fourth-order valence-corrected chi connectivity index (χ4v) is 2.68. The van der Waals surface area contributed by atoms with Crippen LogP contribution in [0.15, 0.2) is 6.07 Å². The van der Waals surface area contributed by atoms with Crippen LogP contribution in [0.3, 0.4) is 0 Å². The molecule has 0 unspecified atom stereocenters. The van der Waals surface area contributed by atoms with Gasteiger partial charge >= 0.3 is 5.97 Å². The lowest BCUT2D eigenvalue weighted by molar-refractivity contribution is -0.143. The van der Waals surface area contributed by atoms with Gasteiger partial charge in [0.05, 0.1) is 6.61 Å². The van der Waals surface area contributed by atoms with E-state index >= 15 is 0 Å². The Hall–Kier alpha value is -1.85. The molecule has 0 spiro atoms. The molecule has 1 fully saturated rings. The molecule has 116 valence electrons. The van der Waals surface area contributed by atoms with Gasteiger partial charge in [0.1, 0.15) is 5.54 Å². The van der Waals surface area contributed by atoms with Crippen LogP contribution in [-0.4, -0.2) is 33.2 Å². The molecule has 1 aliphatic carbocycles. The largest absolute Gasteiger partial charge is 0.480 e. The number of aliphatic carboxylic acids is 1. The molecule has 1 aliphatic rings. The quantitative estimate of drug-likeness (QED) is 0.868. The highest BCUT2D eigenvalue weighted by Gasteiger charge is 2.41. The highest BCUT2D eigenvalue weighted by atomic mass is 16.5. The molecule has 2 rings (SSSR count). The van der Waals surface area contributed by atoms with Gasteiger partial charge in [0.15, 0.2) is 0 Å². The van der Waals surface area contributed by atoms with Crippen molar-refractivity contribution in [1.82, 2.24) is 9.97 Å². The topological polar surface area (TPSA) is 84.3 Å². The van der Waals surface area contributed by atoms with Crippen molar-refractivity contribution in [2.24, 2.45) is 5.92 Å². The van der Waals surface area contributed by atoms with E-state index in [0.29, 0.717) is 37.2 Å². The SMILES string of the molecule is CCOc1cc(C)nc(NC2(C(=O)O)CCC(C)CC2)n1. The zero-order valence-electron chi connectivity index (χ0n) is 12.8. The monoisotopic (exact) mass is 293 g/mol. The van der Waals surface area contributed by atoms with E-state index in [9.17, 15) is 9.90 Å². The van der Waals surface area contributed by atoms with Gasteiger partial charge in [-0.1, -0.05) is 6.92 Å². The Morgan fingerprint density at radius 1 is 1.48 bits per heavy atom. The van der Waals surface area contributed by atoms with Crippen molar-refractivity contribution >= 4 is 11.9 Å². The zero-order chi connectivity index (χ0) is 15.5. The molecule has 1 heterocycles. The number of rotatable bonds is 5. The summed E-state index contributed by atoms with van der Waals surface area (Å²) < 4.78 is 5.39. The van der Waals surface area contributed by atoms with Crippen LogP contribution in [-0.2, 0) is 4.79 Å². The Morgan fingerprint density at radius 3 is 2.71 bits per heavy atom. The first-order chi connectivity index (χ1) is 9.95. The van der Waals surface area contributed by atoms with Crippen molar-refractivity contribution in [3.05, 3.63) is 11.8 Å². The van der Waals surface area contributed by atoms with Crippen LogP contribution in [0.1, 0.15) is 45.2 Å². The van der Waals surface area contributed by atoms with Gasteiger partial charge in [-0.25, -0.2) is 9.78 Å². The molecular weight excluding hydrogens is 270 g/mol. The number of hydrogen-bond donors (Lipinski definition) is 2. The summed E-state index contributed by atoms with van der Waals surface area (Å²) in [6.07, 6.45) is 2.96. The summed E-state index contributed by atoms with van der Waals surface area (Å²) in [7, 11) is 0. The van der Waals surface area contributed by atoms with E-state index in [1.54, 1.807) is 6.07 Å². The fourth-order valence-electron chi connectivity index (χ4n) is 2.68. The van der Waals surface area contributed by atoms with Crippen LogP contribution in [0.25, 0.3) is 0 Å². The molecule has 0 radical (unpaired) electrons. The summed E-state index contributed by atoms with van der Waals surface area (Å²) in [5, 5.41) is 12.7. The van der Waals surface area contributed by atoms with Crippen LogP contribution in [0.5, 0.6) is 5.88 Å². The van der Waals surface area contributed by atoms with Crippen LogP contribution in [0.2, 0.25) is 0 Å². The Labute approximate surface area is 124 Å². The second-order valence-electron chi connectivity index (χ2n) is 5.80. The third kappa shape index (κ3) is 3.62. The number of hydrogen-bond acceptors (Lipinski definition) is 5. The van der Waals surface area contributed by atoms with E-state index < -0.39 is 11.5 Å². The van der Waals surface area contributed by atoms with Crippen molar-refractivity contribution in [2.75, 3.05) is 11.9 Å². The lowest BCUT2D eigenvalue weighted by atomic mass is 9.77. The van der Waals surface area contributed by atoms with E-state index in [0.717, 1.165) is 18.5 Å². The van der Waals surface area contributed by atoms with Crippen molar-refractivity contribution in [2.45, 2.75) is 52.0 Å². The highest BCUT2D eigenvalue weighted by Crippen LogP contribution is 2.34. The first-order valence-corrected chi connectivity index (χ1v) is 7.45. The van der Waals surface area contributed by atoms with E-state index in [1.807, 2.05) is 13.8 Å².